The van der Waals surface area contributed by atoms with Crippen LogP contribution in [0.15, 0.2) is 84.9 Å². The summed E-state index contributed by atoms with van der Waals surface area (Å²) in [6.07, 6.45) is -9.28. The number of ketones is 2. The number of aromatic hydroxyl groups is 1. The zero-order chi connectivity index (χ0) is 32.0. The maximum Gasteiger partial charge on any atom is 0.416 e. The molecule has 4 aromatic carbocycles. The van der Waals surface area contributed by atoms with Gasteiger partial charge in [0, 0.05) is 16.8 Å². The van der Waals surface area contributed by atoms with E-state index in [0.29, 0.717) is 23.6 Å². The largest absolute Gasteiger partial charge is 0.505 e. The minimum atomic E-state index is -4.66. The lowest BCUT2D eigenvalue weighted by atomic mass is 9.96. The van der Waals surface area contributed by atoms with Gasteiger partial charge in [0.25, 0.3) is 0 Å². The average molecular weight is 614 g/mol. The zero-order valence-corrected chi connectivity index (χ0v) is 22.9. The Balaban J connectivity index is 1.75. The van der Waals surface area contributed by atoms with Gasteiger partial charge in [0.15, 0.2) is 0 Å². The minimum absolute atomic E-state index is 0.00294. The van der Waals surface area contributed by atoms with Gasteiger partial charge in [-0.2, -0.15) is 26.3 Å². The van der Waals surface area contributed by atoms with Gasteiger partial charge in [0.1, 0.15) is 17.2 Å². The lowest BCUT2D eigenvalue weighted by molar-refractivity contribution is -0.138. The third-order valence-electron chi connectivity index (χ3n) is 7.01. The quantitative estimate of drug-likeness (QED) is 0.114. The molecule has 0 amide bonds. The normalized spacial score (nSPS) is 11.9. The van der Waals surface area contributed by atoms with Crippen LogP contribution in [0, 0.1) is 0 Å². The Morgan fingerprint density at radius 2 is 1.23 bits per heavy atom. The van der Waals surface area contributed by atoms with Crippen molar-refractivity contribution in [1.29, 1.82) is 0 Å². The van der Waals surface area contributed by atoms with Crippen molar-refractivity contribution in [2.45, 2.75) is 12.4 Å². The number of halogens is 6. The first-order valence-corrected chi connectivity index (χ1v) is 12.8. The highest BCUT2D eigenvalue weighted by molar-refractivity contribution is 6.51. The summed E-state index contributed by atoms with van der Waals surface area (Å²) in [5.41, 5.74) is -1.90. The highest BCUT2D eigenvalue weighted by Gasteiger charge is 2.34. The van der Waals surface area contributed by atoms with Crippen LogP contribution < -0.4 is 9.47 Å². The summed E-state index contributed by atoms with van der Waals surface area (Å²) >= 11 is 0. The van der Waals surface area contributed by atoms with Gasteiger partial charge in [-0.25, -0.2) is 0 Å². The average Bonchev–Trinajstić information content (AvgIpc) is 3.31. The molecule has 6 nitrogen and oxygen atoms in total. The van der Waals surface area contributed by atoms with Crippen LogP contribution in [0.5, 0.6) is 17.2 Å². The number of hydrogen-bond acceptors (Lipinski definition) is 5. The first-order chi connectivity index (χ1) is 20.8. The summed E-state index contributed by atoms with van der Waals surface area (Å²) in [7, 11) is 2.67. The van der Waals surface area contributed by atoms with E-state index in [9.17, 15) is 41.0 Å². The van der Waals surface area contributed by atoms with E-state index in [1.807, 2.05) is 0 Å². The molecule has 1 aromatic heterocycles. The molecule has 5 rings (SSSR count). The fourth-order valence-electron chi connectivity index (χ4n) is 4.88. The molecule has 12 heteroatoms. The summed E-state index contributed by atoms with van der Waals surface area (Å²) < 4.78 is 91.1. The number of benzene rings is 4. The molecule has 0 aliphatic carbocycles. The summed E-state index contributed by atoms with van der Waals surface area (Å²) in [6, 6.07) is 16.4. The molecule has 5 aromatic rings. The summed E-state index contributed by atoms with van der Waals surface area (Å²) in [5, 5.41) is 11.5. The van der Waals surface area contributed by atoms with Gasteiger partial charge in [-0.3, -0.25) is 9.59 Å². The van der Waals surface area contributed by atoms with Gasteiger partial charge in [-0.1, -0.05) is 24.3 Å². The Kier molecular flexibility index (Phi) is 7.62. The molecule has 226 valence electrons. The zero-order valence-electron chi connectivity index (χ0n) is 22.9. The predicted molar refractivity (Wildman–Crippen MR) is 149 cm³/mol. The SMILES string of the molecule is COc1ccc(-n2c(-c3ccc(C(F)(F)F)cc3)c(O)c3c(C(=O)C(=O)c4ccc(C(F)(F)F)cc4)c(OC)ccc32)cc1. The Morgan fingerprint density at radius 1 is 0.682 bits per heavy atom. The molecule has 0 aliphatic heterocycles. The van der Waals surface area contributed by atoms with E-state index in [1.54, 1.807) is 24.3 Å². The molecule has 44 heavy (non-hydrogen) atoms. The molecule has 0 saturated carbocycles. The molecule has 0 saturated heterocycles. The molecule has 0 spiro atoms. The number of carbonyl (C=O) groups is 2. The van der Waals surface area contributed by atoms with Gasteiger partial charge in [-0.05, 0) is 60.7 Å². The number of ether oxygens (including phenoxy) is 2. The lowest BCUT2D eigenvalue weighted by Crippen LogP contribution is -2.16. The number of Topliss-reactive ketones (excluding diaryl/α,β-unsaturated/α-hetero) is 2. The van der Waals surface area contributed by atoms with Crippen molar-refractivity contribution >= 4 is 22.5 Å². The van der Waals surface area contributed by atoms with Gasteiger partial charge in [0.05, 0.1) is 47.5 Å². The second-order valence-corrected chi connectivity index (χ2v) is 9.58. The van der Waals surface area contributed by atoms with E-state index in [0.717, 1.165) is 36.4 Å². The molecule has 0 radical (unpaired) electrons. The van der Waals surface area contributed by atoms with E-state index in [2.05, 4.69) is 0 Å². The van der Waals surface area contributed by atoms with Gasteiger partial charge >= 0.3 is 12.4 Å². The molecule has 0 unspecified atom stereocenters. The van der Waals surface area contributed by atoms with Crippen LogP contribution in [0.25, 0.3) is 27.8 Å². The molecule has 0 atom stereocenters. The summed E-state index contributed by atoms with van der Waals surface area (Å²) in [4.78, 5) is 27.0. The minimum Gasteiger partial charge on any atom is -0.505 e. The van der Waals surface area contributed by atoms with Crippen molar-refractivity contribution < 1.29 is 50.5 Å². The number of aromatic nitrogens is 1. The van der Waals surface area contributed by atoms with Gasteiger partial charge < -0.3 is 19.1 Å². The number of fused-ring (bicyclic) bond motifs is 1. The number of carbonyl (C=O) groups excluding carboxylic acids is 2. The van der Waals surface area contributed by atoms with Crippen LogP contribution in [-0.2, 0) is 12.4 Å². The van der Waals surface area contributed by atoms with Crippen LogP contribution in [0.3, 0.4) is 0 Å². The molecule has 0 aliphatic rings. The lowest BCUT2D eigenvalue weighted by Gasteiger charge is -2.13. The molecular weight excluding hydrogens is 592 g/mol. The maximum atomic E-state index is 13.7. The number of methoxy groups -OCH3 is 2. The maximum absolute atomic E-state index is 13.7. The number of alkyl halides is 6. The molecule has 0 fully saturated rings. The van der Waals surface area contributed by atoms with E-state index >= 15 is 0 Å². The van der Waals surface area contributed by atoms with Crippen molar-refractivity contribution in [3.63, 3.8) is 0 Å². The van der Waals surface area contributed by atoms with Crippen LogP contribution in [0.1, 0.15) is 31.8 Å². The van der Waals surface area contributed by atoms with E-state index < -0.39 is 40.8 Å². The molecular formula is C32H21F6NO5. The Hall–Kier alpha value is -5.26. The Labute approximate surface area is 245 Å². The first kappa shape index (κ1) is 30.2. The van der Waals surface area contributed by atoms with E-state index in [4.69, 9.17) is 9.47 Å². The fourth-order valence-corrected chi connectivity index (χ4v) is 4.88. The van der Waals surface area contributed by atoms with Crippen molar-refractivity contribution in [2.24, 2.45) is 0 Å². The number of hydrogen-bond donors (Lipinski definition) is 1. The highest BCUT2D eigenvalue weighted by Crippen LogP contribution is 2.46. The van der Waals surface area contributed by atoms with Crippen LogP contribution in [-0.4, -0.2) is 35.5 Å². The topological polar surface area (TPSA) is 77.8 Å². The Bertz CT molecular complexity index is 1870. The van der Waals surface area contributed by atoms with Crippen molar-refractivity contribution in [1.82, 2.24) is 4.57 Å². The summed E-state index contributed by atoms with van der Waals surface area (Å²) in [6.45, 7) is 0. The molecule has 1 heterocycles. The van der Waals surface area contributed by atoms with E-state index in [1.165, 1.54) is 30.9 Å². The van der Waals surface area contributed by atoms with Gasteiger partial charge in [-0.15, -0.1) is 0 Å². The predicted octanol–water partition coefficient (Wildman–Crippen LogP) is 8.12. The van der Waals surface area contributed by atoms with Crippen molar-refractivity contribution in [3.8, 4) is 34.2 Å². The number of nitrogens with zero attached hydrogens (tertiary/aromatic N) is 1. The third-order valence-corrected chi connectivity index (χ3v) is 7.01. The van der Waals surface area contributed by atoms with Crippen LogP contribution in [0.2, 0.25) is 0 Å². The highest BCUT2D eigenvalue weighted by atomic mass is 19.4. The second-order valence-electron chi connectivity index (χ2n) is 9.58. The van der Waals surface area contributed by atoms with Gasteiger partial charge in [0.2, 0.25) is 11.6 Å². The second kappa shape index (κ2) is 11.1. The van der Waals surface area contributed by atoms with Crippen molar-refractivity contribution in [3.05, 3.63) is 107 Å². The van der Waals surface area contributed by atoms with Crippen molar-refractivity contribution in [2.75, 3.05) is 14.2 Å². The number of rotatable bonds is 7. The third kappa shape index (κ3) is 5.34. The standard InChI is InChI=1S/C32H21F6NO5/c1-43-22-13-11-21(12-14-22)39-23-15-16-24(44-2)26(30(42)28(40)18-5-9-20(10-6-18)32(36,37)38)25(23)29(41)27(39)17-3-7-19(8-4-17)31(33,34)35/h3-16,41H,1-2H3. The Morgan fingerprint density at radius 3 is 1.73 bits per heavy atom. The van der Waals surface area contributed by atoms with E-state index in [-0.39, 0.29) is 39.0 Å². The molecule has 0 bridgehead atoms. The first-order valence-electron chi connectivity index (χ1n) is 12.8. The van der Waals surface area contributed by atoms with Crippen LogP contribution in [0.4, 0.5) is 26.3 Å². The summed E-state index contributed by atoms with van der Waals surface area (Å²) in [5.74, 6) is -2.53. The van der Waals surface area contributed by atoms with Crippen LogP contribution >= 0.6 is 0 Å². The monoisotopic (exact) mass is 613 g/mol. The fraction of sp³-hybridized carbons (Fsp3) is 0.125. The smallest absolute Gasteiger partial charge is 0.416 e. The molecule has 1 N–H and O–H groups in total.